The van der Waals surface area contributed by atoms with Crippen LogP contribution in [0.3, 0.4) is 0 Å². The number of hydrogen-bond donors (Lipinski definition) is 1. The van der Waals surface area contributed by atoms with Crippen LogP contribution in [0.4, 0.5) is 0 Å². The summed E-state index contributed by atoms with van der Waals surface area (Å²) in [6.07, 6.45) is 0.805. The maximum Gasteiger partial charge on any atom is 0.253 e. The summed E-state index contributed by atoms with van der Waals surface area (Å²) >= 11 is 0. The molecule has 4 heteroatoms. The fourth-order valence-electron chi connectivity index (χ4n) is 1.70. The van der Waals surface area contributed by atoms with E-state index in [4.69, 9.17) is 10.5 Å². The highest BCUT2D eigenvalue weighted by Gasteiger charge is 2.16. The second-order valence-corrected chi connectivity index (χ2v) is 4.30. The molecule has 0 aliphatic rings. The van der Waals surface area contributed by atoms with E-state index in [1.807, 2.05) is 26.0 Å². The Labute approximate surface area is 109 Å². The van der Waals surface area contributed by atoms with Gasteiger partial charge < -0.3 is 15.4 Å². The first-order valence-corrected chi connectivity index (χ1v) is 6.30. The molecule has 0 saturated carbocycles. The van der Waals surface area contributed by atoms with Gasteiger partial charge in [-0.3, -0.25) is 4.79 Å². The molecule has 0 aliphatic carbocycles. The van der Waals surface area contributed by atoms with Crippen molar-refractivity contribution in [2.24, 2.45) is 5.73 Å². The van der Waals surface area contributed by atoms with Gasteiger partial charge in [0.1, 0.15) is 5.75 Å². The SMILES string of the molecule is CCOc1ccc(C(=O)N(C)C(C)CCN)cc1. The van der Waals surface area contributed by atoms with E-state index in [2.05, 4.69) is 0 Å². The lowest BCUT2D eigenvalue weighted by Gasteiger charge is -2.24. The maximum atomic E-state index is 12.2. The summed E-state index contributed by atoms with van der Waals surface area (Å²) in [6, 6.07) is 7.36. The number of amides is 1. The van der Waals surface area contributed by atoms with Gasteiger partial charge in [0.25, 0.3) is 5.91 Å². The summed E-state index contributed by atoms with van der Waals surface area (Å²) in [5.74, 6) is 0.797. The summed E-state index contributed by atoms with van der Waals surface area (Å²) in [4.78, 5) is 13.9. The quantitative estimate of drug-likeness (QED) is 0.839. The van der Waals surface area contributed by atoms with Crippen LogP contribution in [0, 0.1) is 0 Å². The van der Waals surface area contributed by atoms with Crippen molar-refractivity contribution < 1.29 is 9.53 Å². The zero-order chi connectivity index (χ0) is 13.5. The van der Waals surface area contributed by atoms with Crippen LogP contribution in [0.15, 0.2) is 24.3 Å². The third-order valence-corrected chi connectivity index (χ3v) is 2.98. The van der Waals surface area contributed by atoms with Crippen LogP contribution < -0.4 is 10.5 Å². The van der Waals surface area contributed by atoms with E-state index in [1.165, 1.54) is 0 Å². The maximum absolute atomic E-state index is 12.2. The van der Waals surface area contributed by atoms with Crippen molar-refractivity contribution in [3.63, 3.8) is 0 Å². The molecule has 0 aliphatic heterocycles. The molecule has 1 amide bonds. The van der Waals surface area contributed by atoms with E-state index in [-0.39, 0.29) is 11.9 Å². The van der Waals surface area contributed by atoms with Crippen molar-refractivity contribution in [1.29, 1.82) is 0 Å². The molecule has 0 spiro atoms. The van der Waals surface area contributed by atoms with Gasteiger partial charge in [0.05, 0.1) is 6.61 Å². The van der Waals surface area contributed by atoms with Gasteiger partial charge >= 0.3 is 0 Å². The van der Waals surface area contributed by atoms with Gasteiger partial charge in [-0.15, -0.1) is 0 Å². The van der Waals surface area contributed by atoms with E-state index in [9.17, 15) is 4.79 Å². The van der Waals surface area contributed by atoms with Gasteiger partial charge in [-0.2, -0.15) is 0 Å². The molecule has 18 heavy (non-hydrogen) atoms. The fraction of sp³-hybridized carbons (Fsp3) is 0.500. The summed E-state index contributed by atoms with van der Waals surface area (Å²) in [5, 5.41) is 0. The van der Waals surface area contributed by atoms with Crippen molar-refractivity contribution in [3.8, 4) is 5.75 Å². The predicted molar refractivity (Wildman–Crippen MR) is 72.8 cm³/mol. The zero-order valence-electron chi connectivity index (χ0n) is 11.3. The highest BCUT2D eigenvalue weighted by molar-refractivity contribution is 5.94. The van der Waals surface area contributed by atoms with Crippen molar-refractivity contribution in [3.05, 3.63) is 29.8 Å². The number of nitrogens with two attached hydrogens (primary N) is 1. The number of nitrogens with zero attached hydrogens (tertiary/aromatic N) is 1. The highest BCUT2D eigenvalue weighted by Crippen LogP contribution is 2.14. The molecule has 0 heterocycles. The second-order valence-electron chi connectivity index (χ2n) is 4.30. The zero-order valence-corrected chi connectivity index (χ0v) is 11.3. The molecule has 1 aromatic carbocycles. The lowest BCUT2D eigenvalue weighted by Crippen LogP contribution is -2.36. The molecule has 1 unspecified atom stereocenters. The number of ether oxygens (including phenoxy) is 1. The van der Waals surface area contributed by atoms with Gasteiger partial charge in [-0.05, 0) is 51.1 Å². The number of rotatable bonds is 6. The van der Waals surface area contributed by atoms with Crippen LogP contribution in [0.1, 0.15) is 30.6 Å². The van der Waals surface area contributed by atoms with Gasteiger partial charge in [-0.25, -0.2) is 0 Å². The average Bonchev–Trinajstić information content (AvgIpc) is 2.38. The number of hydrogen-bond acceptors (Lipinski definition) is 3. The Balaban J connectivity index is 2.71. The molecule has 0 radical (unpaired) electrons. The van der Waals surface area contributed by atoms with E-state index >= 15 is 0 Å². The Bertz CT molecular complexity index is 376. The normalized spacial score (nSPS) is 12.0. The van der Waals surface area contributed by atoms with Crippen LogP contribution >= 0.6 is 0 Å². The Morgan fingerprint density at radius 1 is 1.39 bits per heavy atom. The van der Waals surface area contributed by atoms with Crippen LogP contribution in [-0.4, -0.2) is 37.0 Å². The summed E-state index contributed by atoms with van der Waals surface area (Å²) in [5.41, 5.74) is 6.18. The average molecular weight is 250 g/mol. The molecule has 1 atom stereocenters. The Morgan fingerprint density at radius 3 is 2.50 bits per heavy atom. The van der Waals surface area contributed by atoms with Crippen LogP contribution in [-0.2, 0) is 0 Å². The van der Waals surface area contributed by atoms with Gasteiger partial charge in [0.15, 0.2) is 0 Å². The van der Waals surface area contributed by atoms with Gasteiger partial charge in [0.2, 0.25) is 0 Å². The Kier molecular flexibility index (Phi) is 5.65. The van der Waals surface area contributed by atoms with E-state index < -0.39 is 0 Å². The first-order chi connectivity index (χ1) is 8.60. The second kappa shape index (κ2) is 7.01. The summed E-state index contributed by atoms with van der Waals surface area (Å²) in [6.45, 7) is 5.14. The summed E-state index contributed by atoms with van der Waals surface area (Å²) < 4.78 is 5.35. The standard InChI is InChI=1S/C14H22N2O2/c1-4-18-13-7-5-12(6-8-13)14(17)16(3)11(2)9-10-15/h5-8,11H,4,9-10,15H2,1-3H3. The molecule has 1 rings (SSSR count). The monoisotopic (exact) mass is 250 g/mol. The van der Waals surface area contributed by atoms with Gasteiger partial charge in [-0.1, -0.05) is 0 Å². The molecule has 0 fully saturated rings. The minimum absolute atomic E-state index is 0.0130. The van der Waals surface area contributed by atoms with Crippen LogP contribution in [0.2, 0.25) is 0 Å². The molecule has 0 bridgehead atoms. The molecule has 4 nitrogen and oxygen atoms in total. The lowest BCUT2D eigenvalue weighted by molar-refractivity contribution is 0.0739. The van der Waals surface area contributed by atoms with E-state index in [0.29, 0.717) is 18.7 Å². The Morgan fingerprint density at radius 2 is 2.00 bits per heavy atom. The first-order valence-electron chi connectivity index (χ1n) is 6.30. The highest BCUT2D eigenvalue weighted by atomic mass is 16.5. The third-order valence-electron chi connectivity index (χ3n) is 2.98. The third kappa shape index (κ3) is 3.74. The topological polar surface area (TPSA) is 55.6 Å². The lowest BCUT2D eigenvalue weighted by atomic mass is 10.1. The minimum Gasteiger partial charge on any atom is -0.494 e. The van der Waals surface area contributed by atoms with Crippen molar-refractivity contribution in [2.75, 3.05) is 20.2 Å². The van der Waals surface area contributed by atoms with E-state index in [1.54, 1.807) is 24.1 Å². The van der Waals surface area contributed by atoms with E-state index in [0.717, 1.165) is 12.2 Å². The fourth-order valence-corrected chi connectivity index (χ4v) is 1.70. The van der Waals surface area contributed by atoms with Crippen LogP contribution in [0.5, 0.6) is 5.75 Å². The molecule has 1 aromatic rings. The van der Waals surface area contributed by atoms with Crippen molar-refractivity contribution in [1.82, 2.24) is 4.90 Å². The number of carbonyl (C=O) groups is 1. The summed E-state index contributed by atoms with van der Waals surface area (Å²) in [7, 11) is 1.80. The minimum atomic E-state index is 0.0130. The first kappa shape index (κ1) is 14.5. The van der Waals surface area contributed by atoms with Crippen LogP contribution in [0.25, 0.3) is 0 Å². The number of carbonyl (C=O) groups excluding carboxylic acids is 1. The smallest absolute Gasteiger partial charge is 0.253 e. The predicted octanol–water partition coefficient (Wildman–Crippen LogP) is 1.89. The largest absolute Gasteiger partial charge is 0.494 e. The van der Waals surface area contributed by atoms with Crippen molar-refractivity contribution in [2.45, 2.75) is 26.3 Å². The molecule has 100 valence electrons. The molecular weight excluding hydrogens is 228 g/mol. The van der Waals surface area contributed by atoms with Gasteiger partial charge in [0, 0.05) is 18.7 Å². The molecular formula is C14H22N2O2. The molecule has 0 saturated heterocycles. The Hall–Kier alpha value is -1.55. The number of benzene rings is 1. The molecule has 0 aromatic heterocycles. The molecule has 2 N–H and O–H groups in total. The van der Waals surface area contributed by atoms with Crippen molar-refractivity contribution >= 4 is 5.91 Å².